The molecule has 0 unspecified atom stereocenters. The van der Waals surface area contributed by atoms with Gasteiger partial charge in [0.05, 0.1) is 53.4 Å². The van der Waals surface area contributed by atoms with Crippen molar-refractivity contribution in [2.24, 2.45) is 0 Å². The van der Waals surface area contributed by atoms with Crippen molar-refractivity contribution in [1.29, 1.82) is 0 Å². The Kier molecular flexibility index (Phi) is 20.9. The lowest BCUT2D eigenvalue weighted by Gasteiger charge is -2.32. The second-order valence-corrected chi connectivity index (χ2v) is 9.96. The molecule has 2 N–H and O–H groups in total. The topological polar surface area (TPSA) is 138 Å². The van der Waals surface area contributed by atoms with E-state index >= 15 is 0 Å². The van der Waals surface area contributed by atoms with Crippen LogP contribution in [0.15, 0.2) is 24.3 Å². The second kappa shape index (κ2) is 19.4. The molecular weight excluding hydrogens is 472 g/mol. The molecule has 35 heavy (non-hydrogen) atoms. The molecule has 10 nitrogen and oxygen atoms in total. The average molecular weight is 523 g/mol. The van der Waals surface area contributed by atoms with E-state index in [0.29, 0.717) is 11.1 Å². The molecule has 0 heterocycles. The van der Waals surface area contributed by atoms with Crippen molar-refractivity contribution in [2.75, 3.05) is 66.5 Å². The normalized spacial score (nSPS) is 11.3. The smallest absolute Gasteiger partial charge is 0.246 e. The Hall–Kier alpha value is -1.79. The lowest BCUT2D eigenvalue weighted by atomic mass is 10.3. The standard InChI is InChI=1S/2C12H24N2O.H2O4S/c2*1-6-14(5,7-2)10-8-9-13-12(15)11(3)4;1-5(2,3)4/h2*3,6-10H2,1-2,4-5H3;(H2,1,2,3,4). The maximum absolute atomic E-state index is 11.2. The van der Waals surface area contributed by atoms with Crippen LogP contribution in [0.5, 0.6) is 0 Å². The third-order valence-electron chi connectivity index (χ3n) is 6.15. The highest BCUT2D eigenvalue weighted by Crippen LogP contribution is 2.03. The molecule has 11 heteroatoms. The van der Waals surface area contributed by atoms with Gasteiger partial charge in [0.1, 0.15) is 0 Å². The molecule has 0 aromatic rings. The first kappa shape index (κ1) is 37.8. The zero-order chi connectivity index (χ0) is 28.3. The number of quaternary nitrogens is 2. The summed E-state index contributed by atoms with van der Waals surface area (Å²) >= 11 is 0. The number of carbonyl (C=O) groups excluding carboxylic acids is 2. The molecule has 208 valence electrons. The fourth-order valence-electron chi connectivity index (χ4n) is 2.71. The van der Waals surface area contributed by atoms with Gasteiger partial charge in [-0.2, -0.15) is 0 Å². The second-order valence-electron chi connectivity index (χ2n) is 9.14. The lowest BCUT2D eigenvalue weighted by molar-refractivity contribution is -0.906. The Labute approximate surface area is 214 Å². The van der Waals surface area contributed by atoms with E-state index in [1.807, 2.05) is 0 Å². The number of hydrogen-bond donors (Lipinski definition) is 2. The summed E-state index contributed by atoms with van der Waals surface area (Å²) in [6.45, 7) is 27.8. The molecule has 0 aliphatic rings. The molecule has 0 saturated carbocycles. The van der Waals surface area contributed by atoms with Crippen LogP contribution >= 0.6 is 0 Å². The predicted molar refractivity (Wildman–Crippen MR) is 140 cm³/mol. The van der Waals surface area contributed by atoms with Crippen LogP contribution in [-0.4, -0.2) is 105 Å². The van der Waals surface area contributed by atoms with Crippen molar-refractivity contribution in [2.45, 2.75) is 54.4 Å². The minimum absolute atomic E-state index is 0.0304. The van der Waals surface area contributed by atoms with Crippen molar-refractivity contribution in [3.8, 4) is 0 Å². The van der Waals surface area contributed by atoms with E-state index in [1.165, 1.54) is 0 Å². The van der Waals surface area contributed by atoms with E-state index in [4.69, 9.17) is 17.5 Å². The Morgan fingerprint density at radius 2 is 0.943 bits per heavy atom. The molecule has 0 aromatic carbocycles. The Bertz CT molecular complexity index is 689. The van der Waals surface area contributed by atoms with Crippen LogP contribution in [0, 0.1) is 0 Å². The molecule has 0 aliphatic heterocycles. The molecule has 0 aliphatic carbocycles. The summed E-state index contributed by atoms with van der Waals surface area (Å²) in [5.41, 5.74) is 1.16. The number of hydrogen-bond acceptors (Lipinski definition) is 6. The largest absolute Gasteiger partial charge is 0.759 e. The summed E-state index contributed by atoms with van der Waals surface area (Å²) in [6, 6.07) is 0. The third-order valence-corrected chi connectivity index (χ3v) is 6.15. The van der Waals surface area contributed by atoms with Gasteiger partial charge in [-0.1, -0.05) is 13.2 Å². The first-order valence-electron chi connectivity index (χ1n) is 12.1. The molecule has 0 atom stereocenters. The first-order valence-corrected chi connectivity index (χ1v) is 13.4. The maximum Gasteiger partial charge on any atom is 0.246 e. The Balaban J connectivity index is -0.000000491. The molecule has 0 rings (SSSR count). The Morgan fingerprint density at radius 3 is 1.11 bits per heavy atom. The summed E-state index contributed by atoms with van der Waals surface area (Å²) in [6.07, 6.45) is 2.05. The van der Waals surface area contributed by atoms with Crippen LogP contribution in [0.2, 0.25) is 0 Å². The quantitative estimate of drug-likeness (QED) is 0.117. The van der Waals surface area contributed by atoms with Gasteiger partial charge < -0.3 is 28.7 Å². The molecular formula is C24H50N4O6S. The van der Waals surface area contributed by atoms with Gasteiger partial charge in [-0.05, 0) is 41.5 Å². The van der Waals surface area contributed by atoms with Crippen molar-refractivity contribution < 1.29 is 36.1 Å². The van der Waals surface area contributed by atoms with Gasteiger partial charge in [0.25, 0.3) is 0 Å². The van der Waals surface area contributed by atoms with Crippen LogP contribution < -0.4 is 10.6 Å². The summed E-state index contributed by atoms with van der Waals surface area (Å²) in [5, 5.41) is 5.71. The number of carbonyl (C=O) groups is 2. The minimum Gasteiger partial charge on any atom is -0.759 e. The fourth-order valence-corrected chi connectivity index (χ4v) is 2.71. The van der Waals surface area contributed by atoms with Crippen LogP contribution in [-0.2, 0) is 20.0 Å². The van der Waals surface area contributed by atoms with Crippen LogP contribution in [0.1, 0.15) is 54.4 Å². The molecule has 0 spiro atoms. The van der Waals surface area contributed by atoms with Crippen molar-refractivity contribution in [3.05, 3.63) is 24.3 Å². The highest BCUT2D eigenvalue weighted by molar-refractivity contribution is 7.79. The van der Waals surface area contributed by atoms with E-state index in [9.17, 15) is 9.59 Å². The lowest BCUT2D eigenvalue weighted by Crippen LogP contribution is -2.45. The zero-order valence-electron chi connectivity index (χ0n) is 23.2. The van der Waals surface area contributed by atoms with Gasteiger partial charge in [0, 0.05) is 47.5 Å². The SMILES string of the molecule is C=C(C)C(=O)NCCC[N+](C)(CC)CC.C=C(C)C(=O)NCCC[N+](C)(CC)CC.O=S(=O)([O-])[O-]. The number of amides is 2. The van der Waals surface area contributed by atoms with Gasteiger partial charge in [0.15, 0.2) is 0 Å². The minimum atomic E-state index is -5.17. The molecule has 0 bridgehead atoms. The summed E-state index contributed by atoms with van der Waals surface area (Å²) < 4.78 is 36.2. The molecule has 0 fully saturated rings. The van der Waals surface area contributed by atoms with E-state index in [2.05, 4.69) is 65.6 Å². The van der Waals surface area contributed by atoms with Crippen LogP contribution in [0.25, 0.3) is 0 Å². The molecule has 2 amide bonds. The highest BCUT2D eigenvalue weighted by atomic mass is 32.3. The zero-order valence-corrected chi connectivity index (χ0v) is 24.1. The highest BCUT2D eigenvalue weighted by Gasteiger charge is 2.16. The maximum atomic E-state index is 11.2. The van der Waals surface area contributed by atoms with Crippen molar-refractivity contribution in [1.82, 2.24) is 10.6 Å². The van der Waals surface area contributed by atoms with E-state index in [0.717, 1.165) is 74.2 Å². The molecule has 0 radical (unpaired) electrons. The van der Waals surface area contributed by atoms with Gasteiger partial charge in [-0.3, -0.25) is 18.0 Å². The van der Waals surface area contributed by atoms with E-state index < -0.39 is 10.4 Å². The summed E-state index contributed by atoms with van der Waals surface area (Å²) in [5.74, 6) is -0.0607. The number of rotatable bonds is 14. The van der Waals surface area contributed by atoms with Crippen molar-refractivity contribution in [3.63, 3.8) is 0 Å². The fraction of sp³-hybridized carbons (Fsp3) is 0.750. The predicted octanol–water partition coefficient (Wildman–Crippen LogP) is 1.77. The monoisotopic (exact) mass is 522 g/mol. The Morgan fingerprint density at radius 1 is 0.714 bits per heavy atom. The van der Waals surface area contributed by atoms with Gasteiger partial charge in [-0.15, -0.1) is 0 Å². The number of nitrogens with one attached hydrogen (secondary N) is 2. The van der Waals surface area contributed by atoms with E-state index in [-0.39, 0.29) is 11.8 Å². The van der Waals surface area contributed by atoms with Crippen LogP contribution in [0.3, 0.4) is 0 Å². The summed E-state index contributed by atoms with van der Waals surface area (Å²) in [4.78, 5) is 22.4. The molecule has 0 saturated heterocycles. The first-order chi connectivity index (χ1) is 15.9. The average Bonchev–Trinajstić information content (AvgIpc) is 2.78. The van der Waals surface area contributed by atoms with Gasteiger partial charge >= 0.3 is 0 Å². The van der Waals surface area contributed by atoms with Crippen molar-refractivity contribution >= 4 is 22.2 Å². The summed E-state index contributed by atoms with van der Waals surface area (Å²) in [7, 11) is -0.666. The molecule has 0 aromatic heterocycles. The van der Waals surface area contributed by atoms with Gasteiger partial charge in [0.2, 0.25) is 11.8 Å². The third kappa shape index (κ3) is 25.1. The van der Waals surface area contributed by atoms with E-state index in [1.54, 1.807) is 13.8 Å². The van der Waals surface area contributed by atoms with Gasteiger partial charge in [-0.25, -0.2) is 0 Å². The number of nitrogens with zero attached hydrogens (tertiary/aromatic N) is 2. The van der Waals surface area contributed by atoms with Crippen LogP contribution in [0.4, 0.5) is 0 Å².